The normalized spacial score (nSPS) is 17.6. The summed E-state index contributed by atoms with van der Waals surface area (Å²) in [5.74, 6) is 6.41. The molecule has 0 radical (unpaired) electrons. The van der Waals surface area contributed by atoms with Crippen molar-refractivity contribution in [2.45, 2.75) is 171 Å². The highest BCUT2D eigenvalue weighted by Crippen LogP contribution is 2.35. The van der Waals surface area contributed by atoms with Gasteiger partial charge in [-0.25, -0.2) is 19.9 Å². The highest BCUT2D eigenvalue weighted by atomic mass is 79.9. The van der Waals surface area contributed by atoms with E-state index in [1.54, 1.807) is 5.57 Å². The van der Waals surface area contributed by atoms with Crippen molar-refractivity contribution in [1.82, 2.24) is 53.7 Å². The minimum absolute atomic E-state index is 0. The van der Waals surface area contributed by atoms with Crippen LogP contribution in [0.2, 0.25) is 15.1 Å². The Morgan fingerprint density at radius 3 is 1.36 bits per heavy atom. The molecule has 2 bridgehead atoms. The molecular weight excluding hydrogens is 1450 g/mol. The Balaban J connectivity index is 0.000000126. The van der Waals surface area contributed by atoms with Gasteiger partial charge in [0.1, 0.15) is 23.3 Å². The zero-order chi connectivity index (χ0) is 73.5. The van der Waals surface area contributed by atoms with Gasteiger partial charge < -0.3 is 33.8 Å². The summed E-state index contributed by atoms with van der Waals surface area (Å²) in [6.07, 6.45) is 26.6. The maximum absolute atomic E-state index is 6.06. The molecule has 8 heterocycles. The number of nitrogens with zero attached hydrogens (tertiary/aromatic N) is 9. The number of hydrogen-bond donors (Lipinski definition) is 2. The first-order valence-electron chi connectivity index (χ1n) is 38.4. The molecule has 3 atom stereocenters. The molecule has 4 saturated heterocycles. The molecule has 107 heavy (non-hydrogen) atoms. The summed E-state index contributed by atoms with van der Waals surface area (Å²) in [7, 11) is 2.18. The third kappa shape index (κ3) is 19.4. The lowest BCUT2D eigenvalue weighted by Gasteiger charge is -2.23. The zero-order valence-corrected chi connectivity index (χ0v) is 66.7. The molecule has 1 aliphatic carbocycles. The smallest absolute Gasteiger partial charge is 0.134 e. The first-order chi connectivity index (χ1) is 51.3. The summed E-state index contributed by atoms with van der Waals surface area (Å²) in [5, 5.41) is 9.52. The van der Waals surface area contributed by atoms with Crippen molar-refractivity contribution in [3.8, 4) is 0 Å². The molecule has 12 aromatic rings. The minimum atomic E-state index is 0. The third-order valence-corrected chi connectivity index (χ3v) is 23.9. The van der Waals surface area contributed by atoms with Crippen molar-refractivity contribution < 1.29 is 0 Å². The first kappa shape index (κ1) is 77.3. The Labute approximate surface area is 657 Å². The maximum Gasteiger partial charge on any atom is 0.134 e. The lowest BCUT2D eigenvalue weighted by molar-refractivity contribution is 0.364. The van der Waals surface area contributed by atoms with Crippen LogP contribution in [0.25, 0.3) is 62.4 Å². The number of aromatic nitrogens is 8. The molecular formula is C92H105BrCl3N11. The van der Waals surface area contributed by atoms with Crippen LogP contribution in [0.15, 0.2) is 174 Å². The summed E-state index contributed by atoms with van der Waals surface area (Å²) >= 11 is 21.7. The molecule has 556 valence electrons. The molecule has 11 nitrogen and oxygen atoms in total. The van der Waals surface area contributed by atoms with Crippen LogP contribution >= 0.6 is 50.7 Å². The predicted molar refractivity (Wildman–Crippen MR) is 456 cm³/mol. The van der Waals surface area contributed by atoms with Crippen LogP contribution in [0.3, 0.4) is 0 Å². The van der Waals surface area contributed by atoms with E-state index in [1.165, 1.54) is 161 Å². The van der Waals surface area contributed by atoms with E-state index in [4.69, 9.17) is 54.7 Å². The molecule has 8 aromatic carbocycles. The second kappa shape index (κ2) is 35.2. The van der Waals surface area contributed by atoms with Crippen molar-refractivity contribution in [3.05, 3.63) is 273 Å². The van der Waals surface area contributed by atoms with Gasteiger partial charge in [-0.1, -0.05) is 155 Å². The fraction of sp³-hybridized carbons (Fsp3) is 0.370. The number of allylic oxidation sites excluding steroid dienone is 1. The van der Waals surface area contributed by atoms with E-state index < -0.39 is 0 Å². The summed E-state index contributed by atoms with van der Waals surface area (Å²) < 4.78 is 10.5. The number of likely N-dealkylation sites (tertiary alicyclic amines) is 1. The predicted octanol–water partition coefficient (Wildman–Crippen LogP) is 22.9. The maximum atomic E-state index is 6.06. The molecule has 1 saturated carbocycles. The van der Waals surface area contributed by atoms with Crippen LogP contribution in [-0.4, -0.2) is 88.4 Å². The van der Waals surface area contributed by atoms with Gasteiger partial charge in [0.05, 0.1) is 44.1 Å². The molecule has 2 N–H and O–H groups in total. The average Bonchev–Trinajstić information content (AvgIpc) is 1.66. The Kier molecular flexibility index (Phi) is 25.4. The van der Waals surface area contributed by atoms with Crippen molar-refractivity contribution in [1.29, 1.82) is 0 Å². The van der Waals surface area contributed by atoms with E-state index in [2.05, 4.69) is 251 Å². The number of fused-ring (bicyclic) bond motifs is 6. The highest BCUT2D eigenvalue weighted by Gasteiger charge is 2.31. The number of hydrogen-bond acceptors (Lipinski definition) is 7. The second-order valence-corrected chi connectivity index (χ2v) is 33.1. The van der Waals surface area contributed by atoms with E-state index in [-0.39, 0.29) is 7.43 Å². The molecule has 4 aromatic heterocycles. The highest BCUT2D eigenvalue weighted by molar-refractivity contribution is 9.10. The summed E-state index contributed by atoms with van der Waals surface area (Å²) in [6.45, 7) is 23.0. The van der Waals surface area contributed by atoms with E-state index in [1.807, 2.05) is 36.4 Å². The molecule has 15 heteroatoms. The van der Waals surface area contributed by atoms with Crippen LogP contribution in [0.5, 0.6) is 0 Å². The van der Waals surface area contributed by atoms with Gasteiger partial charge in [0.25, 0.3) is 0 Å². The van der Waals surface area contributed by atoms with Gasteiger partial charge in [-0.2, -0.15) is 0 Å². The van der Waals surface area contributed by atoms with Gasteiger partial charge in [0.15, 0.2) is 0 Å². The lowest BCUT2D eigenvalue weighted by atomic mass is 9.94. The summed E-state index contributed by atoms with van der Waals surface area (Å²) in [5.41, 5.74) is 24.9. The Hall–Kier alpha value is -7.91. The Morgan fingerprint density at radius 2 is 0.869 bits per heavy atom. The third-order valence-electron chi connectivity index (χ3n) is 22.7. The molecule has 17 rings (SSSR count). The van der Waals surface area contributed by atoms with Gasteiger partial charge in [0.2, 0.25) is 0 Å². The standard InChI is InChI=1S/C25H29N3.C23H25ClN2.C22H26ClN3.C21H21BrClN3.CH4/c1-16-4-6-19(7-5-16)15-28-24-11-18(3)17(2)10-23(24)27-25(28)14-20-12-21-8-9-22(13-20)26-21;1-16-13-21-22(14-17(16)2)26(15-19-7-10-20(24)11-8-19)23(25-21)12-9-18-5-3-4-6-18;1-15-11-20-21(12-16(15)2)26(14-18-3-5-19(23)6-4-18)22(25-20)13-17-7-9-24-10-8-17;1-25-11-10-16(13-25)4-9-21-24-19-12-17(22)5-8-20(19)26(21)14-15-2-6-18(23)7-3-15;/h4-7,10-11,14,21-22,26H,8-9,12-13,15H2,1-3H3;7-14,18H,3-6,15H2,1-2H3;3-6,11-12,17,24H,7-10,13-14H2,1-2H3;2-9,12,16H,10-11,13-14H2,1H3;1H4/b;12-9+;;9-4+;. The minimum Gasteiger partial charge on any atom is -0.323 e. The number of benzene rings is 8. The Bertz CT molecular complexity index is 5130. The van der Waals surface area contributed by atoms with Crippen LogP contribution < -0.4 is 10.6 Å². The van der Waals surface area contributed by atoms with Crippen molar-refractivity contribution in [2.24, 2.45) is 17.8 Å². The van der Waals surface area contributed by atoms with Gasteiger partial charge in [-0.15, -0.1) is 0 Å². The summed E-state index contributed by atoms with van der Waals surface area (Å²) in [6, 6.07) is 54.3. The number of rotatable bonds is 15. The molecule has 0 amide bonds. The number of piperidine rings is 2. The van der Waals surface area contributed by atoms with Crippen molar-refractivity contribution in [3.63, 3.8) is 0 Å². The van der Waals surface area contributed by atoms with Crippen LogP contribution in [0.4, 0.5) is 0 Å². The van der Waals surface area contributed by atoms with Gasteiger partial charge in [0, 0.05) is 70.8 Å². The molecule has 3 unspecified atom stereocenters. The average molecular weight is 1550 g/mol. The van der Waals surface area contributed by atoms with Gasteiger partial charge in [-0.3, -0.25) is 0 Å². The van der Waals surface area contributed by atoms with Gasteiger partial charge in [-0.05, 0) is 316 Å². The zero-order valence-electron chi connectivity index (χ0n) is 62.9. The van der Waals surface area contributed by atoms with Crippen LogP contribution in [-0.2, 0) is 32.6 Å². The summed E-state index contributed by atoms with van der Waals surface area (Å²) in [4.78, 5) is 22.3. The fourth-order valence-electron chi connectivity index (χ4n) is 16.0. The van der Waals surface area contributed by atoms with E-state index in [9.17, 15) is 0 Å². The van der Waals surface area contributed by atoms with Crippen molar-refractivity contribution >= 4 is 113 Å². The number of aryl methyl sites for hydroxylation is 7. The van der Waals surface area contributed by atoms with Gasteiger partial charge >= 0.3 is 0 Å². The fourth-order valence-corrected chi connectivity index (χ4v) is 16.8. The molecule has 5 aliphatic rings. The largest absolute Gasteiger partial charge is 0.323 e. The SMILES string of the molecule is C.CN1CCC(/C=C/c2nc3cc(Br)ccc3n2Cc2ccc(Cl)cc2)C1.Cc1cc2nc(/C=C/C3CCCC3)n(Cc3ccc(Cl)cc3)c2cc1C.Cc1cc2nc(CC3CCNCC3)n(Cc3ccc(Cl)cc3)c2cc1C.Cc1ccc(Cn2c(C=C3CC4CCC(C3)N4)nc3cc(C)c(C)cc32)cc1. The molecule has 0 spiro atoms. The number of nitrogens with one attached hydrogen (secondary N) is 2. The van der Waals surface area contributed by atoms with Crippen molar-refractivity contribution in [2.75, 3.05) is 33.2 Å². The lowest BCUT2D eigenvalue weighted by Crippen LogP contribution is -2.34. The molecule has 5 fully saturated rings. The van der Waals surface area contributed by atoms with Crippen LogP contribution in [0, 0.1) is 66.2 Å². The monoisotopic (exact) mass is 1550 g/mol. The number of halogens is 4. The van der Waals surface area contributed by atoms with E-state index in [0.29, 0.717) is 23.9 Å². The second-order valence-electron chi connectivity index (χ2n) is 30.9. The topological polar surface area (TPSA) is 98.6 Å². The first-order valence-corrected chi connectivity index (χ1v) is 40.3. The van der Waals surface area contributed by atoms with Crippen LogP contribution in [0.1, 0.15) is 163 Å². The number of imidazole rings is 4. The Morgan fingerprint density at radius 1 is 0.449 bits per heavy atom. The molecule has 4 aliphatic heterocycles. The van der Waals surface area contributed by atoms with E-state index in [0.717, 1.165) is 123 Å². The van der Waals surface area contributed by atoms with E-state index >= 15 is 0 Å². The quantitative estimate of drug-likeness (QED) is 0.105.